The minimum atomic E-state index is -0.702. The number of fused-ring (bicyclic) bond motifs is 1. The van der Waals surface area contributed by atoms with Gasteiger partial charge in [0.05, 0.1) is 0 Å². The SMILES string of the molecule is CC1Oc2ccccc2OC1C(=O)N1CCCN(C(=O)Nc2cccc(Cl)c2)CC1. The Balaban J connectivity index is 1.37. The maximum atomic E-state index is 13.1. The highest BCUT2D eigenvalue weighted by molar-refractivity contribution is 6.30. The molecule has 2 aliphatic heterocycles. The number of anilines is 1. The van der Waals surface area contributed by atoms with E-state index in [1.807, 2.05) is 25.1 Å². The van der Waals surface area contributed by atoms with Crippen molar-refractivity contribution < 1.29 is 19.1 Å². The summed E-state index contributed by atoms with van der Waals surface area (Å²) in [5.74, 6) is 1.11. The van der Waals surface area contributed by atoms with Crippen molar-refractivity contribution in [2.75, 3.05) is 31.5 Å². The number of halogens is 1. The molecule has 2 unspecified atom stereocenters. The van der Waals surface area contributed by atoms with Gasteiger partial charge in [0.1, 0.15) is 6.10 Å². The maximum absolute atomic E-state index is 13.1. The van der Waals surface area contributed by atoms with E-state index in [9.17, 15) is 9.59 Å². The molecule has 2 heterocycles. The minimum Gasteiger partial charge on any atom is -0.482 e. The molecule has 2 atom stereocenters. The largest absolute Gasteiger partial charge is 0.482 e. The van der Waals surface area contributed by atoms with E-state index in [-0.39, 0.29) is 11.9 Å². The highest BCUT2D eigenvalue weighted by Gasteiger charge is 2.37. The summed E-state index contributed by atoms with van der Waals surface area (Å²) in [6.07, 6.45) is -0.405. The summed E-state index contributed by atoms with van der Waals surface area (Å²) in [5, 5.41) is 3.42. The number of urea groups is 1. The van der Waals surface area contributed by atoms with E-state index in [2.05, 4.69) is 5.32 Å². The lowest BCUT2D eigenvalue weighted by molar-refractivity contribution is -0.144. The number of rotatable bonds is 2. The number of hydrogen-bond acceptors (Lipinski definition) is 4. The average Bonchev–Trinajstić information content (AvgIpc) is 2.99. The van der Waals surface area contributed by atoms with Gasteiger partial charge in [-0.15, -0.1) is 0 Å². The van der Waals surface area contributed by atoms with Gasteiger partial charge in [0.15, 0.2) is 11.5 Å². The summed E-state index contributed by atoms with van der Waals surface area (Å²) in [6.45, 7) is 3.85. The van der Waals surface area contributed by atoms with Gasteiger partial charge in [0.25, 0.3) is 5.91 Å². The quantitative estimate of drug-likeness (QED) is 0.791. The number of amides is 3. The molecular weight excluding hydrogens is 406 g/mol. The number of nitrogens with zero attached hydrogens (tertiary/aromatic N) is 2. The van der Waals surface area contributed by atoms with E-state index in [1.54, 1.807) is 40.1 Å². The Morgan fingerprint density at radius 2 is 1.67 bits per heavy atom. The molecule has 0 saturated carbocycles. The van der Waals surface area contributed by atoms with Crippen molar-refractivity contribution in [3.63, 3.8) is 0 Å². The molecule has 0 spiro atoms. The Kier molecular flexibility index (Phi) is 5.99. The smallest absolute Gasteiger partial charge is 0.321 e. The van der Waals surface area contributed by atoms with Gasteiger partial charge >= 0.3 is 6.03 Å². The lowest BCUT2D eigenvalue weighted by Gasteiger charge is -2.34. The van der Waals surface area contributed by atoms with Crippen molar-refractivity contribution in [2.45, 2.75) is 25.6 Å². The van der Waals surface area contributed by atoms with E-state index >= 15 is 0 Å². The summed E-state index contributed by atoms with van der Waals surface area (Å²) < 4.78 is 11.8. The van der Waals surface area contributed by atoms with Gasteiger partial charge < -0.3 is 24.6 Å². The number of para-hydroxylation sites is 2. The van der Waals surface area contributed by atoms with Crippen LogP contribution in [-0.4, -0.2) is 60.1 Å². The van der Waals surface area contributed by atoms with Crippen LogP contribution < -0.4 is 14.8 Å². The van der Waals surface area contributed by atoms with Crippen LogP contribution in [0.3, 0.4) is 0 Å². The first-order valence-corrected chi connectivity index (χ1v) is 10.4. The highest BCUT2D eigenvalue weighted by atomic mass is 35.5. The fourth-order valence-electron chi connectivity index (χ4n) is 3.68. The number of benzene rings is 2. The second kappa shape index (κ2) is 8.83. The Hall–Kier alpha value is -2.93. The fourth-order valence-corrected chi connectivity index (χ4v) is 3.87. The molecule has 0 aliphatic carbocycles. The second-order valence-corrected chi connectivity index (χ2v) is 7.85. The van der Waals surface area contributed by atoms with Gasteiger partial charge in [-0.1, -0.05) is 29.8 Å². The molecule has 3 amide bonds. The van der Waals surface area contributed by atoms with Crippen LogP contribution >= 0.6 is 11.6 Å². The average molecular weight is 430 g/mol. The van der Waals surface area contributed by atoms with Gasteiger partial charge in [0, 0.05) is 36.9 Å². The Bertz CT molecular complexity index is 938. The third-order valence-electron chi connectivity index (χ3n) is 5.26. The summed E-state index contributed by atoms with van der Waals surface area (Å²) in [6, 6.07) is 14.2. The molecule has 1 saturated heterocycles. The molecule has 30 heavy (non-hydrogen) atoms. The number of hydrogen-bond donors (Lipinski definition) is 1. The molecule has 2 aromatic carbocycles. The normalized spacial score (nSPS) is 21.0. The number of carbonyl (C=O) groups excluding carboxylic acids is 2. The predicted octanol–water partition coefficient (Wildman–Crippen LogP) is 3.63. The molecular formula is C22H24ClN3O4. The van der Waals surface area contributed by atoms with E-state index in [4.69, 9.17) is 21.1 Å². The maximum Gasteiger partial charge on any atom is 0.321 e. The Morgan fingerprint density at radius 3 is 2.43 bits per heavy atom. The van der Waals surface area contributed by atoms with Crippen LogP contribution in [0.4, 0.5) is 10.5 Å². The van der Waals surface area contributed by atoms with Crippen molar-refractivity contribution in [3.05, 3.63) is 53.6 Å². The van der Waals surface area contributed by atoms with Crippen molar-refractivity contribution in [1.82, 2.24) is 9.80 Å². The Morgan fingerprint density at radius 1 is 0.967 bits per heavy atom. The minimum absolute atomic E-state index is 0.117. The zero-order valence-corrected chi connectivity index (χ0v) is 17.5. The monoisotopic (exact) mass is 429 g/mol. The molecule has 8 heteroatoms. The lowest BCUT2D eigenvalue weighted by Crippen LogP contribution is -2.51. The van der Waals surface area contributed by atoms with E-state index in [0.29, 0.717) is 54.8 Å². The zero-order valence-electron chi connectivity index (χ0n) is 16.7. The van der Waals surface area contributed by atoms with Gasteiger partial charge in [-0.05, 0) is 43.7 Å². The first-order valence-electron chi connectivity index (χ1n) is 10.0. The van der Waals surface area contributed by atoms with Crippen LogP contribution in [0, 0.1) is 0 Å². The van der Waals surface area contributed by atoms with Gasteiger partial charge in [-0.3, -0.25) is 4.79 Å². The summed E-state index contributed by atoms with van der Waals surface area (Å²) >= 11 is 5.98. The van der Waals surface area contributed by atoms with Crippen LogP contribution in [-0.2, 0) is 4.79 Å². The molecule has 1 N–H and O–H groups in total. The van der Waals surface area contributed by atoms with Gasteiger partial charge in [-0.25, -0.2) is 4.79 Å². The molecule has 0 radical (unpaired) electrons. The van der Waals surface area contributed by atoms with Crippen molar-refractivity contribution >= 4 is 29.2 Å². The van der Waals surface area contributed by atoms with Crippen LogP contribution in [0.15, 0.2) is 48.5 Å². The summed E-state index contributed by atoms with van der Waals surface area (Å²) in [5.41, 5.74) is 0.643. The van der Waals surface area contributed by atoms with Gasteiger partial charge in [0.2, 0.25) is 6.10 Å². The van der Waals surface area contributed by atoms with E-state index in [0.717, 1.165) is 0 Å². The standard InChI is InChI=1S/C22H24ClN3O4/c1-15-20(30-19-9-3-2-8-18(19)29-15)21(27)25-10-5-11-26(13-12-25)22(28)24-17-7-4-6-16(23)14-17/h2-4,6-9,14-15,20H,5,10-13H2,1H3,(H,24,28). The third-order valence-corrected chi connectivity index (χ3v) is 5.49. The number of nitrogens with one attached hydrogen (secondary N) is 1. The van der Waals surface area contributed by atoms with Crippen molar-refractivity contribution in [1.29, 1.82) is 0 Å². The zero-order chi connectivity index (χ0) is 21.1. The third kappa shape index (κ3) is 4.46. The molecule has 1 fully saturated rings. The van der Waals surface area contributed by atoms with Crippen LogP contribution in [0.1, 0.15) is 13.3 Å². The molecule has 2 aliphatic rings. The number of ether oxygens (including phenoxy) is 2. The van der Waals surface area contributed by atoms with Gasteiger partial charge in [-0.2, -0.15) is 0 Å². The van der Waals surface area contributed by atoms with Crippen molar-refractivity contribution in [3.8, 4) is 11.5 Å². The first kappa shape index (κ1) is 20.3. The molecule has 2 aromatic rings. The van der Waals surface area contributed by atoms with E-state index < -0.39 is 12.2 Å². The molecule has 7 nitrogen and oxygen atoms in total. The molecule has 0 aromatic heterocycles. The van der Waals surface area contributed by atoms with Crippen LogP contribution in [0.5, 0.6) is 11.5 Å². The number of carbonyl (C=O) groups is 2. The molecule has 158 valence electrons. The molecule has 0 bridgehead atoms. The summed E-state index contributed by atoms with van der Waals surface area (Å²) in [7, 11) is 0. The molecule has 4 rings (SSSR count). The van der Waals surface area contributed by atoms with Crippen LogP contribution in [0.2, 0.25) is 5.02 Å². The first-order chi connectivity index (χ1) is 14.5. The highest BCUT2D eigenvalue weighted by Crippen LogP contribution is 2.34. The topological polar surface area (TPSA) is 71.1 Å². The fraction of sp³-hybridized carbons (Fsp3) is 0.364. The second-order valence-electron chi connectivity index (χ2n) is 7.41. The van der Waals surface area contributed by atoms with Crippen LogP contribution in [0.25, 0.3) is 0 Å². The Labute approximate surface area is 180 Å². The predicted molar refractivity (Wildman–Crippen MR) is 114 cm³/mol. The lowest BCUT2D eigenvalue weighted by atomic mass is 10.1. The van der Waals surface area contributed by atoms with E-state index in [1.165, 1.54) is 0 Å². The van der Waals surface area contributed by atoms with Crippen molar-refractivity contribution in [2.24, 2.45) is 0 Å². The summed E-state index contributed by atoms with van der Waals surface area (Å²) in [4.78, 5) is 29.2.